The fourth-order valence-corrected chi connectivity index (χ4v) is 3.96. The maximum Gasteiger partial charge on any atom is 0.171 e. The number of halogens is 2. The first-order chi connectivity index (χ1) is 9.69. The molecule has 0 spiro atoms. The van der Waals surface area contributed by atoms with Crippen LogP contribution >= 0.6 is 43.2 Å². The quantitative estimate of drug-likeness (QED) is 0.705. The van der Waals surface area contributed by atoms with E-state index in [4.69, 9.17) is 4.98 Å². The van der Waals surface area contributed by atoms with Gasteiger partial charge < -0.3 is 5.32 Å². The number of nitrogens with zero attached hydrogens (tertiary/aromatic N) is 2. The molecule has 0 aromatic carbocycles. The molecule has 106 valence electrons. The second-order valence-electron chi connectivity index (χ2n) is 4.90. The van der Waals surface area contributed by atoms with Crippen molar-refractivity contribution in [3.8, 4) is 10.7 Å². The van der Waals surface area contributed by atoms with Crippen LogP contribution in [0.1, 0.15) is 37.8 Å². The summed E-state index contributed by atoms with van der Waals surface area (Å²) in [6.07, 6.45) is 3.54. The molecule has 0 atom stereocenters. The highest BCUT2D eigenvalue weighted by Gasteiger charge is 2.29. The zero-order valence-electron chi connectivity index (χ0n) is 11.1. The van der Waals surface area contributed by atoms with Crippen molar-refractivity contribution < 1.29 is 0 Å². The predicted molar refractivity (Wildman–Crippen MR) is 91.5 cm³/mol. The van der Waals surface area contributed by atoms with Crippen molar-refractivity contribution in [2.75, 3.05) is 11.9 Å². The first kappa shape index (κ1) is 14.5. The minimum absolute atomic E-state index is 0.594. The van der Waals surface area contributed by atoms with E-state index in [1.165, 1.54) is 12.8 Å². The Morgan fingerprint density at radius 1 is 1.30 bits per heavy atom. The number of aromatic nitrogens is 2. The summed E-state index contributed by atoms with van der Waals surface area (Å²) in [7, 11) is 0. The topological polar surface area (TPSA) is 37.8 Å². The van der Waals surface area contributed by atoms with Gasteiger partial charge in [-0.2, -0.15) is 0 Å². The Morgan fingerprint density at radius 2 is 2.10 bits per heavy atom. The van der Waals surface area contributed by atoms with Gasteiger partial charge in [-0.3, -0.25) is 0 Å². The molecule has 0 unspecified atom stereocenters. The molecule has 1 aliphatic carbocycles. The van der Waals surface area contributed by atoms with Gasteiger partial charge in [0.1, 0.15) is 5.82 Å². The minimum atomic E-state index is 0.594. The summed E-state index contributed by atoms with van der Waals surface area (Å²) in [5, 5.41) is 3.40. The summed E-state index contributed by atoms with van der Waals surface area (Å²) in [6.45, 7) is 3.08. The summed E-state index contributed by atoms with van der Waals surface area (Å²) >= 11 is 8.84. The van der Waals surface area contributed by atoms with Gasteiger partial charge in [-0.05, 0) is 63.3 Å². The molecule has 1 saturated carbocycles. The Kier molecular flexibility index (Phi) is 4.43. The number of hydrogen-bond donors (Lipinski definition) is 1. The van der Waals surface area contributed by atoms with Crippen molar-refractivity contribution >= 4 is 49.0 Å². The minimum Gasteiger partial charge on any atom is -0.369 e. The van der Waals surface area contributed by atoms with Gasteiger partial charge in [0.2, 0.25) is 0 Å². The zero-order valence-corrected chi connectivity index (χ0v) is 15.1. The lowest BCUT2D eigenvalue weighted by Crippen LogP contribution is -2.06. The van der Waals surface area contributed by atoms with Crippen LogP contribution in [-0.2, 0) is 0 Å². The maximum atomic E-state index is 4.78. The largest absolute Gasteiger partial charge is 0.369 e. The van der Waals surface area contributed by atoms with Crippen LogP contribution in [0, 0.1) is 0 Å². The highest BCUT2D eigenvalue weighted by molar-refractivity contribution is 9.11. The molecule has 6 heteroatoms. The van der Waals surface area contributed by atoms with Crippen LogP contribution in [0.15, 0.2) is 20.4 Å². The van der Waals surface area contributed by atoms with E-state index in [0.29, 0.717) is 5.92 Å². The van der Waals surface area contributed by atoms with E-state index in [1.807, 2.05) is 6.07 Å². The smallest absolute Gasteiger partial charge is 0.171 e. The van der Waals surface area contributed by atoms with E-state index in [1.54, 1.807) is 11.3 Å². The molecule has 2 aromatic rings. The molecule has 1 N–H and O–H groups in total. The molecule has 0 saturated heterocycles. The molecule has 1 fully saturated rings. The lowest BCUT2D eigenvalue weighted by atomic mass is 10.2. The van der Waals surface area contributed by atoms with Crippen LogP contribution in [0.25, 0.3) is 10.7 Å². The summed E-state index contributed by atoms with van der Waals surface area (Å²) in [6, 6.07) is 4.11. The fourth-order valence-electron chi connectivity index (χ4n) is 2.00. The van der Waals surface area contributed by atoms with E-state index in [2.05, 4.69) is 55.2 Å². The lowest BCUT2D eigenvalue weighted by molar-refractivity contribution is 0.941. The normalized spacial score (nSPS) is 14.6. The predicted octanol–water partition coefficient (Wildman–Crippen LogP) is 5.43. The molecule has 20 heavy (non-hydrogen) atoms. The van der Waals surface area contributed by atoms with Crippen LogP contribution in [0.3, 0.4) is 0 Å². The molecule has 3 rings (SSSR count). The van der Waals surface area contributed by atoms with Gasteiger partial charge in [0.25, 0.3) is 0 Å². The molecule has 0 radical (unpaired) electrons. The molecular weight excluding hydrogens is 402 g/mol. The van der Waals surface area contributed by atoms with Crippen LogP contribution in [0.4, 0.5) is 5.82 Å². The summed E-state index contributed by atoms with van der Waals surface area (Å²) in [5.74, 6) is 2.34. The molecule has 3 nitrogen and oxygen atoms in total. The third-order valence-corrected chi connectivity index (χ3v) is 5.58. The van der Waals surface area contributed by atoms with Gasteiger partial charge in [0, 0.05) is 12.5 Å². The van der Waals surface area contributed by atoms with E-state index in [0.717, 1.165) is 43.4 Å². The molecule has 1 aliphatic rings. The zero-order chi connectivity index (χ0) is 14.1. The van der Waals surface area contributed by atoms with Crippen molar-refractivity contribution in [3.05, 3.63) is 26.1 Å². The van der Waals surface area contributed by atoms with Crippen molar-refractivity contribution in [1.29, 1.82) is 0 Å². The first-order valence-electron chi connectivity index (χ1n) is 6.76. The Bertz CT molecular complexity index is 623. The second kappa shape index (κ2) is 6.12. The van der Waals surface area contributed by atoms with Gasteiger partial charge in [0.15, 0.2) is 5.82 Å². The standard InChI is InChI=1S/C14H15Br2N3S/c1-2-7-17-14-11(16)12(8-3-4-8)18-13(19-14)9-5-6-10(15)20-9/h5-6,8H,2-4,7H2,1H3,(H,17,18,19). The molecule has 2 aromatic heterocycles. The Labute approximate surface area is 139 Å². The SMILES string of the molecule is CCCNc1nc(-c2ccc(Br)s2)nc(C2CC2)c1Br. The van der Waals surface area contributed by atoms with Crippen molar-refractivity contribution in [2.24, 2.45) is 0 Å². The molecule has 0 bridgehead atoms. The fraction of sp³-hybridized carbons (Fsp3) is 0.429. The van der Waals surface area contributed by atoms with Crippen molar-refractivity contribution in [1.82, 2.24) is 9.97 Å². The molecular formula is C14H15Br2N3S. The summed E-state index contributed by atoms with van der Waals surface area (Å²) in [4.78, 5) is 10.6. The number of rotatable bonds is 5. The van der Waals surface area contributed by atoms with Crippen molar-refractivity contribution in [3.63, 3.8) is 0 Å². The Hall–Kier alpha value is -0.460. The maximum absolute atomic E-state index is 4.78. The first-order valence-corrected chi connectivity index (χ1v) is 9.16. The number of thiophene rings is 1. The lowest BCUT2D eigenvalue weighted by Gasteiger charge is -2.11. The Morgan fingerprint density at radius 3 is 2.70 bits per heavy atom. The molecule has 0 aliphatic heterocycles. The Balaban J connectivity index is 2.03. The molecule has 0 amide bonds. The summed E-state index contributed by atoms with van der Waals surface area (Å²) < 4.78 is 2.14. The third kappa shape index (κ3) is 3.07. The molecule has 2 heterocycles. The van der Waals surface area contributed by atoms with Crippen LogP contribution in [0.2, 0.25) is 0 Å². The number of hydrogen-bond acceptors (Lipinski definition) is 4. The van der Waals surface area contributed by atoms with Gasteiger partial charge in [-0.1, -0.05) is 6.92 Å². The summed E-state index contributed by atoms with van der Waals surface area (Å²) in [5.41, 5.74) is 1.15. The average Bonchev–Trinajstić information content (AvgIpc) is 3.19. The van der Waals surface area contributed by atoms with Gasteiger partial charge in [0.05, 0.1) is 18.8 Å². The van der Waals surface area contributed by atoms with E-state index in [-0.39, 0.29) is 0 Å². The van der Waals surface area contributed by atoms with Gasteiger partial charge in [-0.25, -0.2) is 9.97 Å². The van der Waals surface area contributed by atoms with Crippen LogP contribution in [-0.4, -0.2) is 16.5 Å². The third-order valence-electron chi connectivity index (χ3n) is 3.18. The van der Waals surface area contributed by atoms with Crippen LogP contribution < -0.4 is 5.32 Å². The number of anilines is 1. The van der Waals surface area contributed by atoms with E-state index in [9.17, 15) is 0 Å². The van der Waals surface area contributed by atoms with Gasteiger partial charge >= 0.3 is 0 Å². The van der Waals surface area contributed by atoms with Gasteiger partial charge in [-0.15, -0.1) is 11.3 Å². The van der Waals surface area contributed by atoms with E-state index >= 15 is 0 Å². The highest BCUT2D eigenvalue weighted by Crippen LogP contribution is 2.45. The second-order valence-corrected chi connectivity index (χ2v) is 8.16. The highest BCUT2D eigenvalue weighted by atomic mass is 79.9. The van der Waals surface area contributed by atoms with E-state index < -0.39 is 0 Å². The van der Waals surface area contributed by atoms with Crippen LogP contribution in [0.5, 0.6) is 0 Å². The van der Waals surface area contributed by atoms with Crippen molar-refractivity contribution in [2.45, 2.75) is 32.1 Å². The average molecular weight is 417 g/mol. The monoisotopic (exact) mass is 415 g/mol. The number of nitrogens with one attached hydrogen (secondary N) is 1.